The highest BCUT2D eigenvalue weighted by Crippen LogP contribution is 2.42. The number of hydrogen-bond acceptors (Lipinski definition) is 7. The molecule has 2 aromatic heterocycles. The minimum atomic E-state index is -3.71. The molecular weight excluding hydrogens is 637 g/mol. The summed E-state index contributed by atoms with van der Waals surface area (Å²) in [7, 11) is -0.734. The molecule has 48 heavy (non-hydrogen) atoms. The molecule has 0 saturated carbocycles. The lowest BCUT2D eigenvalue weighted by atomic mass is 9.98. The number of anilines is 1. The maximum absolute atomic E-state index is 13.8. The van der Waals surface area contributed by atoms with Gasteiger partial charge in [0.15, 0.2) is 0 Å². The zero-order chi connectivity index (χ0) is 34.5. The molecular formula is C35H38FN5O6S. The number of nitrogens with one attached hydrogen (secondary N) is 1. The van der Waals surface area contributed by atoms with Crippen LogP contribution in [0.3, 0.4) is 0 Å². The van der Waals surface area contributed by atoms with Crippen LogP contribution < -0.4 is 9.62 Å². The highest BCUT2D eigenvalue weighted by atomic mass is 32.2. The number of sulfonamides is 1. The Bertz CT molecular complexity index is 2140. The Morgan fingerprint density at radius 3 is 2.33 bits per heavy atom. The molecule has 5 aromatic rings. The topological polar surface area (TPSA) is 127 Å². The molecule has 2 amide bonds. The smallest absolute Gasteiger partial charge is 0.410 e. The Kier molecular flexibility index (Phi) is 8.44. The summed E-state index contributed by atoms with van der Waals surface area (Å²) in [5, 5.41) is 3.13. The number of carbonyl (C=O) groups is 2. The summed E-state index contributed by atoms with van der Waals surface area (Å²) in [5.41, 5.74) is 3.69. The standard InChI is InChI=1S/C35H38FN5O6S/c1-35(2,3)47-34(43)40-15-13-24(14-16-40)41-20-38-27-12-9-22(17-29(27)41)25-18-26-30(19-28(25)39(5)48(6,44)45)46-32(31(26)33(42)37-4)21-7-10-23(36)11-8-21/h7-12,17-20,24H,13-16H2,1-6H3,(H,37,42). The van der Waals surface area contributed by atoms with E-state index in [1.54, 1.807) is 23.4 Å². The summed E-state index contributed by atoms with van der Waals surface area (Å²) in [4.78, 5) is 32.3. The van der Waals surface area contributed by atoms with Crippen molar-refractivity contribution in [3.05, 3.63) is 72.3 Å². The van der Waals surface area contributed by atoms with Gasteiger partial charge in [0, 0.05) is 55.8 Å². The zero-order valence-corrected chi connectivity index (χ0v) is 28.5. The van der Waals surface area contributed by atoms with Crippen molar-refractivity contribution < 1.29 is 31.6 Å². The average Bonchev–Trinajstić information content (AvgIpc) is 3.63. The lowest BCUT2D eigenvalue weighted by molar-refractivity contribution is 0.0189. The van der Waals surface area contributed by atoms with Crippen LogP contribution >= 0.6 is 0 Å². The van der Waals surface area contributed by atoms with Crippen LogP contribution in [-0.4, -0.2) is 73.9 Å². The van der Waals surface area contributed by atoms with Gasteiger partial charge in [0.05, 0.1) is 34.9 Å². The number of halogens is 1. The monoisotopic (exact) mass is 675 g/mol. The van der Waals surface area contributed by atoms with Gasteiger partial charge < -0.3 is 23.9 Å². The molecule has 0 spiro atoms. The zero-order valence-electron chi connectivity index (χ0n) is 27.7. The van der Waals surface area contributed by atoms with E-state index < -0.39 is 27.3 Å². The van der Waals surface area contributed by atoms with Gasteiger partial charge in [-0.3, -0.25) is 9.10 Å². The van der Waals surface area contributed by atoms with Crippen molar-refractivity contribution in [2.45, 2.75) is 45.3 Å². The summed E-state index contributed by atoms with van der Waals surface area (Å²) in [6.07, 6.45) is 4.00. The van der Waals surface area contributed by atoms with Crippen LogP contribution in [0.5, 0.6) is 0 Å². The summed E-state index contributed by atoms with van der Waals surface area (Å²) in [6.45, 7) is 6.62. The number of ether oxygens (including phenoxy) is 1. The SMILES string of the molecule is CNC(=O)c1c(-c2ccc(F)cc2)oc2cc(N(C)S(C)(=O)=O)c(-c3ccc4ncn(C5CCN(C(=O)OC(C)(C)C)CC5)c4c3)cc12. The molecule has 0 unspecified atom stereocenters. The first-order valence-electron chi connectivity index (χ1n) is 15.6. The van der Waals surface area contributed by atoms with Gasteiger partial charge in [-0.15, -0.1) is 0 Å². The number of piperidine rings is 1. The molecule has 1 aliphatic heterocycles. The van der Waals surface area contributed by atoms with Crippen LogP contribution in [0.1, 0.15) is 50.0 Å². The highest BCUT2D eigenvalue weighted by Gasteiger charge is 2.29. The average molecular weight is 676 g/mol. The Balaban J connectivity index is 1.45. The molecule has 6 rings (SSSR count). The van der Waals surface area contributed by atoms with Crippen LogP contribution in [0.25, 0.3) is 44.5 Å². The predicted octanol–water partition coefficient (Wildman–Crippen LogP) is 6.58. The van der Waals surface area contributed by atoms with Gasteiger partial charge in [-0.05, 0) is 81.6 Å². The molecule has 1 aliphatic rings. The lowest BCUT2D eigenvalue weighted by Gasteiger charge is -2.34. The molecule has 252 valence electrons. The molecule has 0 atom stereocenters. The number of carbonyl (C=O) groups excluding carboxylic acids is 2. The minimum absolute atomic E-state index is 0.0802. The fourth-order valence-corrected chi connectivity index (χ4v) is 6.60. The van der Waals surface area contributed by atoms with Crippen LogP contribution in [-0.2, 0) is 14.8 Å². The van der Waals surface area contributed by atoms with Crippen LogP contribution in [0.15, 0.2) is 65.3 Å². The van der Waals surface area contributed by atoms with Crippen molar-refractivity contribution in [2.24, 2.45) is 0 Å². The molecule has 0 aliphatic carbocycles. The second kappa shape index (κ2) is 12.3. The van der Waals surface area contributed by atoms with Gasteiger partial charge in [-0.1, -0.05) is 6.07 Å². The van der Waals surface area contributed by atoms with Crippen molar-refractivity contribution >= 4 is 49.7 Å². The van der Waals surface area contributed by atoms with Gasteiger partial charge in [0.2, 0.25) is 10.0 Å². The largest absolute Gasteiger partial charge is 0.455 e. The first kappa shape index (κ1) is 33.0. The first-order valence-corrected chi connectivity index (χ1v) is 17.5. The number of fused-ring (bicyclic) bond motifs is 2. The Labute approximate surface area is 278 Å². The summed E-state index contributed by atoms with van der Waals surface area (Å²) in [5.74, 6) is -0.603. The number of imidazole rings is 1. The van der Waals surface area contributed by atoms with Gasteiger partial charge >= 0.3 is 6.09 Å². The van der Waals surface area contributed by atoms with E-state index >= 15 is 0 Å². The van der Waals surface area contributed by atoms with E-state index in [1.807, 2.05) is 39.0 Å². The lowest BCUT2D eigenvalue weighted by Crippen LogP contribution is -2.42. The number of hydrogen-bond donors (Lipinski definition) is 1. The first-order chi connectivity index (χ1) is 22.6. The minimum Gasteiger partial charge on any atom is -0.455 e. The molecule has 0 radical (unpaired) electrons. The van der Waals surface area contributed by atoms with E-state index in [0.29, 0.717) is 59.3 Å². The fraction of sp³-hybridized carbons (Fsp3) is 0.343. The fourth-order valence-electron chi connectivity index (χ4n) is 6.10. The summed E-state index contributed by atoms with van der Waals surface area (Å²) < 4.78 is 54.5. The molecule has 1 saturated heterocycles. The molecule has 3 aromatic carbocycles. The second-order valence-electron chi connectivity index (χ2n) is 13.0. The van der Waals surface area contributed by atoms with Crippen LogP contribution in [0.2, 0.25) is 0 Å². The number of nitrogens with zero attached hydrogens (tertiary/aromatic N) is 4. The second-order valence-corrected chi connectivity index (χ2v) is 15.1. The Hall–Kier alpha value is -4.91. The number of rotatable bonds is 6. The van der Waals surface area contributed by atoms with Crippen molar-refractivity contribution in [3.8, 4) is 22.5 Å². The van der Waals surface area contributed by atoms with E-state index in [0.717, 1.165) is 17.3 Å². The molecule has 13 heteroatoms. The summed E-state index contributed by atoms with van der Waals surface area (Å²) >= 11 is 0. The quantitative estimate of drug-likeness (QED) is 0.215. The molecule has 0 bridgehead atoms. The molecule has 1 N–H and O–H groups in total. The number of furan rings is 1. The molecule has 3 heterocycles. The number of aromatic nitrogens is 2. The van der Waals surface area contributed by atoms with E-state index in [1.165, 1.54) is 42.7 Å². The third-order valence-corrected chi connectivity index (χ3v) is 9.79. The van der Waals surface area contributed by atoms with Crippen molar-refractivity contribution in [1.82, 2.24) is 19.8 Å². The molecule has 1 fully saturated rings. The van der Waals surface area contributed by atoms with Gasteiger partial charge in [0.1, 0.15) is 22.8 Å². The third kappa shape index (κ3) is 6.34. The Morgan fingerprint density at radius 1 is 1.04 bits per heavy atom. The van der Waals surface area contributed by atoms with Gasteiger partial charge in [-0.2, -0.15) is 0 Å². The van der Waals surface area contributed by atoms with E-state index in [-0.39, 0.29) is 23.5 Å². The van der Waals surface area contributed by atoms with Gasteiger partial charge in [-0.25, -0.2) is 22.6 Å². The summed E-state index contributed by atoms with van der Waals surface area (Å²) in [6, 6.07) is 14.8. The van der Waals surface area contributed by atoms with Gasteiger partial charge in [0.25, 0.3) is 5.91 Å². The van der Waals surface area contributed by atoms with Crippen molar-refractivity contribution in [2.75, 3.05) is 37.7 Å². The van der Waals surface area contributed by atoms with Crippen LogP contribution in [0, 0.1) is 5.82 Å². The third-order valence-electron chi connectivity index (χ3n) is 8.60. The maximum Gasteiger partial charge on any atom is 0.410 e. The van der Waals surface area contributed by atoms with Crippen LogP contribution in [0.4, 0.5) is 14.9 Å². The van der Waals surface area contributed by atoms with Crippen molar-refractivity contribution in [1.29, 1.82) is 0 Å². The van der Waals surface area contributed by atoms with E-state index in [2.05, 4.69) is 14.9 Å². The normalized spacial score (nSPS) is 14.4. The van der Waals surface area contributed by atoms with E-state index in [4.69, 9.17) is 9.15 Å². The Morgan fingerprint density at radius 2 is 1.71 bits per heavy atom. The number of likely N-dealkylation sites (tertiary alicyclic amines) is 1. The molecule has 11 nitrogen and oxygen atoms in total. The predicted molar refractivity (Wildman–Crippen MR) is 183 cm³/mol. The van der Waals surface area contributed by atoms with E-state index in [9.17, 15) is 22.4 Å². The highest BCUT2D eigenvalue weighted by molar-refractivity contribution is 7.92. The van der Waals surface area contributed by atoms with Crippen molar-refractivity contribution in [3.63, 3.8) is 0 Å². The number of amides is 2. The maximum atomic E-state index is 13.8. The number of benzene rings is 3.